The number of esters is 1. The van der Waals surface area contributed by atoms with Crippen LogP contribution in [0, 0.1) is 11.6 Å². The maximum absolute atomic E-state index is 13.8. The van der Waals surface area contributed by atoms with E-state index in [2.05, 4.69) is 10.1 Å². The SMILES string of the molecule is COC(=O)CSc1c(F)cc(CNC(C)(C)C)cc1F. The molecule has 0 unspecified atom stereocenters. The Morgan fingerprint density at radius 3 is 2.30 bits per heavy atom. The van der Waals surface area contributed by atoms with Gasteiger partial charge >= 0.3 is 5.97 Å². The van der Waals surface area contributed by atoms with Crippen molar-refractivity contribution in [3.05, 3.63) is 29.3 Å². The third-order valence-electron chi connectivity index (χ3n) is 2.44. The van der Waals surface area contributed by atoms with Crippen molar-refractivity contribution in [1.82, 2.24) is 5.32 Å². The second-order valence-electron chi connectivity index (χ2n) is 5.36. The van der Waals surface area contributed by atoms with Crippen molar-refractivity contribution < 1.29 is 18.3 Å². The highest BCUT2D eigenvalue weighted by Gasteiger charge is 2.15. The van der Waals surface area contributed by atoms with Crippen LogP contribution in [0.25, 0.3) is 0 Å². The molecule has 0 bridgehead atoms. The van der Waals surface area contributed by atoms with E-state index >= 15 is 0 Å². The van der Waals surface area contributed by atoms with Crippen LogP contribution in [0.15, 0.2) is 17.0 Å². The van der Waals surface area contributed by atoms with Crippen molar-refractivity contribution in [2.45, 2.75) is 37.8 Å². The monoisotopic (exact) mass is 303 g/mol. The molecule has 0 spiro atoms. The van der Waals surface area contributed by atoms with E-state index in [1.807, 2.05) is 20.8 Å². The molecule has 0 fully saturated rings. The highest BCUT2D eigenvalue weighted by molar-refractivity contribution is 8.00. The summed E-state index contributed by atoms with van der Waals surface area (Å²) in [5, 5.41) is 3.16. The minimum absolute atomic E-state index is 0.121. The molecular weight excluding hydrogens is 284 g/mol. The average molecular weight is 303 g/mol. The van der Waals surface area contributed by atoms with E-state index in [4.69, 9.17) is 0 Å². The summed E-state index contributed by atoms with van der Waals surface area (Å²) in [6.07, 6.45) is 0. The second kappa shape index (κ2) is 7.04. The van der Waals surface area contributed by atoms with Crippen LogP contribution in [0.5, 0.6) is 0 Å². The number of halogens is 2. The molecule has 0 saturated heterocycles. The third kappa shape index (κ3) is 5.46. The molecule has 3 nitrogen and oxygen atoms in total. The molecule has 0 saturated carbocycles. The van der Waals surface area contributed by atoms with Gasteiger partial charge in [-0.1, -0.05) is 0 Å². The zero-order valence-electron chi connectivity index (χ0n) is 12.0. The van der Waals surface area contributed by atoms with E-state index in [9.17, 15) is 13.6 Å². The van der Waals surface area contributed by atoms with Crippen molar-refractivity contribution in [2.24, 2.45) is 0 Å². The van der Waals surface area contributed by atoms with E-state index in [0.29, 0.717) is 12.1 Å². The minimum Gasteiger partial charge on any atom is -0.468 e. The summed E-state index contributed by atoms with van der Waals surface area (Å²) >= 11 is 0.794. The smallest absolute Gasteiger partial charge is 0.315 e. The lowest BCUT2D eigenvalue weighted by atomic mass is 10.1. The summed E-state index contributed by atoms with van der Waals surface area (Å²) in [6, 6.07) is 2.56. The topological polar surface area (TPSA) is 38.3 Å². The van der Waals surface area contributed by atoms with Crippen LogP contribution in [0.1, 0.15) is 26.3 Å². The number of nitrogens with one attached hydrogen (secondary N) is 1. The standard InChI is InChI=1S/C14H19F2NO2S/c1-14(2,3)17-7-9-5-10(15)13(11(16)6-9)20-8-12(18)19-4/h5-6,17H,7-8H2,1-4H3. The van der Waals surface area contributed by atoms with Crippen LogP contribution in [0.4, 0.5) is 8.78 Å². The predicted molar refractivity (Wildman–Crippen MR) is 75.7 cm³/mol. The van der Waals surface area contributed by atoms with Crippen molar-refractivity contribution in [3.8, 4) is 0 Å². The molecule has 0 amide bonds. The van der Waals surface area contributed by atoms with E-state index in [-0.39, 0.29) is 16.2 Å². The third-order valence-corrected chi connectivity index (χ3v) is 3.50. The molecule has 1 rings (SSSR count). The number of ether oxygens (including phenoxy) is 1. The van der Waals surface area contributed by atoms with E-state index < -0.39 is 17.6 Å². The number of rotatable bonds is 5. The van der Waals surface area contributed by atoms with Gasteiger partial charge in [0.2, 0.25) is 0 Å². The van der Waals surface area contributed by atoms with Gasteiger partial charge in [0.25, 0.3) is 0 Å². The molecule has 1 aromatic rings. The molecule has 0 aliphatic carbocycles. The number of benzene rings is 1. The average Bonchev–Trinajstić information content (AvgIpc) is 2.34. The first-order valence-corrected chi connectivity index (χ1v) is 7.14. The van der Waals surface area contributed by atoms with Crippen LogP contribution < -0.4 is 5.32 Å². The van der Waals surface area contributed by atoms with E-state index in [1.54, 1.807) is 0 Å². The largest absolute Gasteiger partial charge is 0.468 e. The summed E-state index contributed by atoms with van der Waals surface area (Å²) in [7, 11) is 1.23. The molecule has 20 heavy (non-hydrogen) atoms. The maximum Gasteiger partial charge on any atom is 0.315 e. The Bertz CT molecular complexity index is 464. The Morgan fingerprint density at radius 2 is 1.85 bits per heavy atom. The number of carbonyl (C=O) groups excluding carboxylic acids is 1. The van der Waals surface area contributed by atoms with Crippen LogP contribution in [0.3, 0.4) is 0 Å². The Kier molecular flexibility index (Phi) is 5.95. The van der Waals surface area contributed by atoms with Gasteiger partial charge in [0.1, 0.15) is 11.6 Å². The second-order valence-corrected chi connectivity index (χ2v) is 6.34. The molecule has 112 valence electrons. The Morgan fingerprint density at radius 1 is 1.30 bits per heavy atom. The van der Waals surface area contributed by atoms with Gasteiger partial charge in [0.15, 0.2) is 0 Å². The molecule has 0 radical (unpaired) electrons. The number of hydrogen-bond acceptors (Lipinski definition) is 4. The summed E-state index contributed by atoms with van der Waals surface area (Å²) in [5.74, 6) is -1.97. The summed E-state index contributed by atoms with van der Waals surface area (Å²) in [5.41, 5.74) is 0.392. The van der Waals surface area contributed by atoms with E-state index in [0.717, 1.165) is 11.8 Å². The normalized spacial score (nSPS) is 11.5. The van der Waals surface area contributed by atoms with Gasteiger partial charge < -0.3 is 10.1 Å². The number of hydrogen-bond donors (Lipinski definition) is 1. The molecule has 0 atom stereocenters. The first kappa shape index (κ1) is 16.9. The Balaban J connectivity index is 2.78. The van der Waals surface area contributed by atoms with Gasteiger partial charge in [0.05, 0.1) is 17.8 Å². The molecule has 1 N–H and O–H groups in total. The highest BCUT2D eigenvalue weighted by atomic mass is 32.2. The minimum atomic E-state index is -0.662. The molecule has 0 heterocycles. The van der Waals surface area contributed by atoms with Crippen molar-refractivity contribution >= 4 is 17.7 Å². The fourth-order valence-electron chi connectivity index (χ4n) is 1.41. The van der Waals surface area contributed by atoms with Crippen LogP contribution in [0.2, 0.25) is 0 Å². The van der Waals surface area contributed by atoms with Crippen LogP contribution in [-0.4, -0.2) is 24.4 Å². The van der Waals surface area contributed by atoms with Gasteiger partial charge in [-0.3, -0.25) is 4.79 Å². The Hall–Kier alpha value is -1.14. The number of carbonyl (C=O) groups is 1. The lowest BCUT2D eigenvalue weighted by molar-refractivity contribution is -0.137. The zero-order valence-corrected chi connectivity index (χ0v) is 12.9. The zero-order chi connectivity index (χ0) is 15.3. The Labute approximate surface area is 122 Å². The maximum atomic E-state index is 13.8. The lowest BCUT2D eigenvalue weighted by Crippen LogP contribution is -2.35. The first-order chi connectivity index (χ1) is 9.23. The highest BCUT2D eigenvalue weighted by Crippen LogP contribution is 2.26. The molecule has 0 aliphatic rings. The van der Waals surface area contributed by atoms with Gasteiger partial charge in [-0.15, -0.1) is 11.8 Å². The van der Waals surface area contributed by atoms with Crippen molar-refractivity contribution in [2.75, 3.05) is 12.9 Å². The summed E-state index contributed by atoms with van der Waals surface area (Å²) < 4.78 is 32.1. The van der Waals surface area contributed by atoms with Crippen molar-refractivity contribution in [1.29, 1.82) is 0 Å². The van der Waals surface area contributed by atoms with Crippen molar-refractivity contribution in [3.63, 3.8) is 0 Å². The molecule has 0 aromatic heterocycles. The quantitative estimate of drug-likeness (QED) is 0.670. The molecule has 6 heteroatoms. The van der Waals surface area contributed by atoms with Crippen LogP contribution >= 0.6 is 11.8 Å². The van der Waals surface area contributed by atoms with E-state index in [1.165, 1.54) is 19.2 Å². The summed E-state index contributed by atoms with van der Waals surface area (Å²) in [6.45, 7) is 6.29. The summed E-state index contributed by atoms with van der Waals surface area (Å²) in [4.78, 5) is 10.8. The number of methoxy groups -OCH3 is 1. The van der Waals surface area contributed by atoms with Gasteiger partial charge in [-0.25, -0.2) is 8.78 Å². The van der Waals surface area contributed by atoms with Gasteiger partial charge in [-0.2, -0.15) is 0 Å². The molecular formula is C14H19F2NO2S. The first-order valence-electron chi connectivity index (χ1n) is 6.15. The van der Waals surface area contributed by atoms with Crippen LogP contribution in [-0.2, 0) is 16.1 Å². The number of thioether (sulfide) groups is 1. The van der Waals surface area contributed by atoms with Gasteiger partial charge in [-0.05, 0) is 38.5 Å². The molecule has 1 aromatic carbocycles. The lowest BCUT2D eigenvalue weighted by Gasteiger charge is -2.20. The molecule has 0 aliphatic heterocycles. The fourth-order valence-corrected chi connectivity index (χ4v) is 2.18. The fraction of sp³-hybridized carbons (Fsp3) is 0.500. The predicted octanol–water partition coefficient (Wildman–Crippen LogP) is 3.12. The van der Waals surface area contributed by atoms with Gasteiger partial charge in [0, 0.05) is 12.1 Å².